The summed E-state index contributed by atoms with van der Waals surface area (Å²) in [4.78, 5) is 12.0. The van der Waals surface area contributed by atoms with Crippen LogP contribution >= 0.6 is 50.7 Å². The molecule has 0 atom stereocenters. The summed E-state index contributed by atoms with van der Waals surface area (Å²) < 4.78 is 12.4. The lowest BCUT2D eigenvalue weighted by molar-refractivity contribution is -0.119. The highest BCUT2D eigenvalue weighted by Crippen LogP contribution is 2.37. The van der Waals surface area contributed by atoms with E-state index in [-0.39, 0.29) is 19.1 Å². The zero-order valence-corrected chi connectivity index (χ0v) is 21.9. The lowest BCUT2D eigenvalue weighted by atomic mass is 10.2. The van der Waals surface area contributed by atoms with E-state index in [4.69, 9.17) is 44.3 Å². The number of hydrogen-bond acceptors (Lipinski definition) is 5. The van der Waals surface area contributed by atoms with Crippen LogP contribution in [0.5, 0.6) is 11.5 Å². The van der Waals surface area contributed by atoms with Gasteiger partial charge < -0.3 is 14.8 Å². The van der Waals surface area contributed by atoms with Gasteiger partial charge in [-0.05, 0) is 76.9 Å². The lowest BCUT2D eigenvalue weighted by Crippen LogP contribution is -2.25. The molecular formula is C24H21BrCl3N3O3. The van der Waals surface area contributed by atoms with Gasteiger partial charge in [0.1, 0.15) is 6.61 Å². The van der Waals surface area contributed by atoms with Crippen molar-refractivity contribution in [2.24, 2.45) is 5.10 Å². The third-order valence-electron chi connectivity index (χ3n) is 4.42. The Morgan fingerprint density at radius 3 is 2.47 bits per heavy atom. The Bertz CT molecular complexity index is 1170. The minimum absolute atomic E-state index is 0.0624. The van der Waals surface area contributed by atoms with Crippen LogP contribution in [0, 0.1) is 0 Å². The predicted molar refractivity (Wildman–Crippen MR) is 142 cm³/mol. The molecule has 0 aliphatic heterocycles. The van der Waals surface area contributed by atoms with Crippen LogP contribution in [-0.2, 0) is 11.4 Å². The van der Waals surface area contributed by atoms with Crippen molar-refractivity contribution >= 4 is 68.5 Å². The Morgan fingerprint density at radius 2 is 1.76 bits per heavy atom. The van der Waals surface area contributed by atoms with Gasteiger partial charge in [-0.3, -0.25) is 4.79 Å². The maximum Gasteiger partial charge on any atom is 0.259 e. The van der Waals surface area contributed by atoms with Crippen molar-refractivity contribution in [1.29, 1.82) is 0 Å². The van der Waals surface area contributed by atoms with Crippen LogP contribution in [0.4, 0.5) is 5.69 Å². The lowest BCUT2D eigenvalue weighted by Gasteiger charge is -2.15. The molecule has 0 unspecified atom stereocenters. The van der Waals surface area contributed by atoms with E-state index in [9.17, 15) is 4.79 Å². The summed E-state index contributed by atoms with van der Waals surface area (Å²) in [6.07, 6.45) is 1.52. The van der Waals surface area contributed by atoms with Crippen molar-refractivity contribution in [2.45, 2.75) is 13.5 Å². The van der Waals surface area contributed by atoms with Gasteiger partial charge in [-0.25, -0.2) is 5.43 Å². The number of hydrazone groups is 1. The first-order chi connectivity index (χ1) is 16.4. The molecular weight excluding hydrogens is 565 g/mol. The Balaban J connectivity index is 1.62. The van der Waals surface area contributed by atoms with Crippen LogP contribution in [0.1, 0.15) is 18.1 Å². The molecule has 34 heavy (non-hydrogen) atoms. The van der Waals surface area contributed by atoms with Crippen LogP contribution in [-0.4, -0.2) is 25.3 Å². The SMILES string of the molecule is CCOc1cc(/C=N\NC(=O)CNc2ccc(Cl)cc2)cc(Br)c1OCc1ccc(Cl)cc1Cl. The monoisotopic (exact) mass is 583 g/mol. The molecule has 0 saturated carbocycles. The zero-order chi connectivity index (χ0) is 24.5. The molecule has 0 aliphatic carbocycles. The quantitative estimate of drug-likeness (QED) is 0.200. The van der Waals surface area contributed by atoms with Gasteiger partial charge in [-0.15, -0.1) is 0 Å². The number of nitrogens with zero attached hydrogens (tertiary/aromatic N) is 1. The molecule has 2 N–H and O–H groups in total. The van der Waals surface area contributed by atoms with Crippen LogP contribution in [0.3, 0.4) is 0 Å². The Labute approximate surface area is 221 Å². The Hall–Kier alpha value is -2.45. The summed E-state index contributed by atoms with van der Waals surface area (Å²) in [6, 6.07) is 15.9. The molecule has 178 valence electrons. The number of anilines is 1. The fourth-order valence-electron chi connectivity index (χ4n) is 2.82. The van der Waals surface area contributed by atoms with Gasteiger partial charge in [0.25, 0.3) is 5.91 Å². The highest BCUT2D eigenvalue weighted by atomic mass is 79.9. The molecule has 10 heteroatoms. The van der Waals surface area contributed by atoms with E-state index >= 15 is 0 Å². The molecule has 6 nitrogen and oxygen atoms in total. The fraction of sp³-hybridized carbons (Fsp3) is 0.167. The smallest absolute Gasteiger partial charge is 0.259 e. The largest absolute Gasteiger partial charge is 0.490 e. The van der Waals surface area contributed by atoms with Crippen molar-refractivity contribution in [2.75, 3.05) is 18.5 Å². The second-order valence-electron chi connectivity index (χ2n) is 6.94. The second kappa shape index (κ2) is 12.9. The van der Waals surface area contributed by atoms with Crippen molar-refractivity contribution in [1.82, 2.24) is 5.43 Å². The average Bonchev–Trinajstić information content (AvgIpc) is 2.79. The average molecular weight is 586 g/mol. The van der Waals surface area contributed by atoms with Gasteiger partial charge >= 0.3 is 0 Å². The van der Waals surface area contributed by atoms with E-state index in [1.807, 2.05) is 19.1 Å². The van der Waals surface area contributed by atoms with Crippen LogP contribution < -0.4 is 20.2 Å². The fourth-order valence-corrected chi connectivity index (χ4v) is 3.99. The molecule has 0 aliphatic rings. The number of carbonyl (C=O) groups is 1. The molecule has 3 aromatic rings. The van der Waals surface area contributed by atoms with Crippen molar-refractivity contribution < 1.29 is 14.3 Å². The molecule has 0 bridgehead atoms. The molecule has 0 fully saturated rings. The third kappa shape index (κ3) is 7.81. The zero-order valence-electron chi connectivity index (χ0n) is 18.1. The maximum atomic E-state index is 12.0. The number of halogens is 4. The van der Waals surface area contributed by atoms with E-state index in [0.29, 0.717) is 43.2 Å². The van der Waals surface area contributed by atoms with Crippen molar-refractivity contribution in [3.8, 4) is 11.5 Å². The Morgan fingerprint density at radius 1 is 1.03 bits per heavy atom. The number of ether oxygens (including phenoxy) is 2. The number of benzene rings is 3. The van der Waals surface area contributed by atoms with E-state index in [0.717, 1.165) is 11.3 Å². The van der Waals surface area contributed by atoms with Gasteiger partial charge in [0.05, 0.1) is 23.8 Å². The first-order valence-corrected chi connectivity index (χ1v) is 12.1. The van der Waals surface area contributed by atoms with Gasteiger partial charge in [-0.1, -0.05) is 40.9 Å². The number of rotatable bonds is 10. The summed E-state index contributed by atoms with van der Waals surface area (Å²) in [5, 5.41) is 8.72. The summed E-state index contributed by atoms with van der Waals surface area (Å²) in [7, 11) is 0. The Kier molecular flexibility index (Phi) is 9.89. The highest BCUT2D eigenvalue weighted by Gasteiger charge is 2.13. The highest BCUT2D eigenvalue weighted by molar-refractivity contribution is 9.10. The van der Waals surface area contributed by atoms with Crippen molar-refractivity contribution in [3.05, 3.63) is 85.3 Å². The van der Waals surface area contributed by atoms with Crippen LogP contribution in [0.15, 0.2) is 64.2 Å². The predicted octanol–water partition coefficient (Wildman–Crippen LogP) is 6.95. The summed E-state index contributed by atoms with van der Waals surface area (Å²) in [5.74, 6) is 0.760. The number of nitrogens with one attached hydrogen (secondary N) is 2. The molecule has 0 aromatic heterocycles. The summed E-state index contributed by atoms with van der Waals surface area (Å²) >= 11 is 21.6. The molecule has 3 rings (SSSR count). The third-order valence-corrected chi connectivity index (χ3v) is 5.85. The maximum absolute atomic E-state index is 12.0. The minimum Gasteiger partial charge on any atom is -0.490 e. The van der Waals surface area contributed by atoms with E-state index in [2.05, 4.69) is 31.8 Å². The van der Waals surface area contributed by atoms with E-state index < -0.39 is 0 Å². The molecule has 1 amide bonds. The molecule has 0 radical (unpaired) electrons. The number of amides is 1. The standard InChI is InChI=1S/C24H21BrCl3N3O3/c1-2-33-22-10-15(12-30-31-23(32)13-29-19-7-5-17(26)6-8-19)9-20(25)24(22)34-14-16-3-4-18(27)11-21(16)28/h3-12,29H,2,13-14H2,1H3,(H,31,32)/b30-12-. The van der Waals surface area contributed by atoms with E-state index in [1.54, 1.807) is 42.5 Å². The van der Waals surface area contributed by atoms with Crippen LogP contribution in [0.25, 0.3) is 0 Å². The molecule has 3 aromatic carbocycles. The van der Waals surface area contributed by atoms with Gasteiger partial charge in [0.15, 0.2) is 11.5 Å². The normalized spacial score (nSPS) is 10.9. The van der Waals surface area contributed by atoms with Gasteiger partial charge in [0, 0.05) is 26.3 Å². The first-order valence-electron chi connectivity index (χ1n) is 10.2. The van der Waals surface area contributed by atoms with Gasteiger partial charge in [-0.2, -0.15) is 5.10 Å². The van der Waals surface area contributed by atoms with Crippen LogP contribution in [0.2, 0.25) is 15.1 Å². The second-order valence-corrected chi connectivity index (χ2v) is 9.08. The summed E-state index contributed by atoms with van der Waals surface area (Å²) in [6.45, 7) is 2.62. The number of hydrogen-bond donors (Lipinski definition) is 2. The van der Waals surface area contributed by atoms with Gasteiger partial charge in [0.2, 0.25) is 0 Å². The first kappa shape index (κ1) is 26.2. The molecule has 0 heterocycles. The molecule has 0 saturated heterocycles. The molecule has 0 spiro atoms. The number of carbonyl (C=O) groups excluding carboxylic acids is 1. The minimum atomic E-state index is -0.296. The van der Waals surface area contributed by atoms with E-state index in [1.165, 1.54) is 6.21 Å². The van der Waals surface area contributed by atoms with Crippen molar-refractivity contribution in [3.63, 3.8) is 0 Å². The topological polar surface area (TPSA) is 72.0 Å². The summed E-state index contributed by atoms with van der Waals surface area (Å²) in [5.41, 5.74) is 4.77.